The highest BCUT2D eigenvalue weighted by atomic mass is 15.2. The molecule has 0 atom stereocenters. The summed E-state index contributed by atoms with van der Waals surface area (Å²) in [7, 11) is 0. The molecule has 1 saturated heterocycles. The van der Waals surface area contributed by atoms with Crippen LogP contribution in [0.2, 0.25) is 0 Å². The van der Waals surface area contributed by atoms with Crippen LogP contribution >= 0.6 is 0 Å². The van der Waals surface area contributed by atoms with Crippen molar-refractivity contribution in [3.05, 3.63) is 53.0 Å². The van der Waals surface area contributed by atoms with Gasteiger partial charge in [0, 0.05) is 31.4 Å². The first kappa shape index (κ1) is 12.6. The Morgan fingerprint density at radius 1 is 1.25 bits per heavy atom. The van der Waals surface area contributed by atoms with Gasteiger partial charge in [0.1, 0.15) is 11.9 Å². The van der Waals surface area contributed by atoms with Crippen LogP contribution in [0.4, 0.5) is 5.82 Å². The van der Waals surface area contributed by atoms with Crippen LogP contribution in [-0.2, 0) is 0 Å². The molecule has 4 nitrogen and oxygen atoms in total. The van der Waals surface area contributed by atoms with Gasteiger partial charge in [-0.25, -0.2) is 4.98 Å². The number of aromatic nitrogens is 2. The van der Waals surface area contributed by atoms with Crippen LogP contribution in [0.1, 0.15) is 28.3 Å². The molecule has 2 aromatic rings. The molecule has 0 amide bonds. The number of hydrogen-bond acceptors (Lipinski definition) is 4. The van der Waals surface area contributed by atoms with Crippen LogP contribution in [0.5, 0.6) is 0 Å². The van der Waals surface area contributed by atoms with E-state index < -0.39 is 0 Å². The molecular weight excluding hydrogens is 248 g/mol. The SMILES string of the molecule is Cc1cc(N2CC(c3ccncc3)C2)nc(C)c1C#N. The van der Waals surface area contributed by atoms with Gasteiger partial charge in [-0.2, -0.15) is 5.26 Å². The van der Waals surface area contributed by atoms with Gasteiger partial charge in [0.15, 0.2) is 0 Å². The third-order valence-electron chi connectivity index (χ3n) is 3.88. The summed E-state index contributed by atoms with van der Waals surface area (Å²) < 4.78 is 0. The van der Waals surface area contributed by atoms with Crippen molar-refractivity contribution in [2.45, 2.75) is 19.8 Å². The van der Waals surface area contributed by atoms with Crippen molar-refractivity contribution in [1.29, 1.82) is 5.26 Å². The summed E-state index contributed by atoms with van der Waals surface area (Å²) in [6.45, 7) is 5.82. The average molecular weight is 264 g/mol. The molecule has 0 spiro atoms. The molecule has 0 N–H and O–H groups in total. The summed E-state index contributed by atoms with van der Waals surface area (Å²) in [5, 5.41) is 9.08. The van der Waals surface area contributed by atoms with Crippen molar-refractivity contribution in [3.8, 4) is 6.07 Å². The van der Waals surface area contributed by atoms with Gasteiger partial charge in [0.2, 0.25) is 0 Å². The lowest BCUT2D eigenvalue weighted by molar-refractivity contribution is 0.519. The fourth-order valence-electron chi connectivity index (χ4n) is 2.65. The van der Waals surface area contributed by atoms with Gasteiger partial charge in [-0.1, -0.05) is 0 Å². The molecule has 0 aromatic carbocycles. The predicted molar refractivity (Wildman–Crippen MR) is 77.6 cm³/mol. The molecule has 1 aliphatic rings. The number of aryl methyl sites for hydroxylation is 2. The van der Waals surface area contributed by atoms with E-state index in [0.717, 1.165) is 30.2 Å². The molecule has 1 aliphatic heterocycles. The Balaban J connectivity index is 1.76. The van der Waals surface area contributed by atoms with Gasteiger partial charge in [-0.3, -0.25) is 4.98 Å². The fourth-order valence-corrected chi connectivity index (χ4v) is 2.65. The molecule has 0 saturated carbocycles. The molecule has 3 rings (SSSR count). The van der Waals surface area contributed by atoms with Crippen LogP contribution in [0.15, 0.2) is 30.6 Å². The highest BCUT2D eigenvalue weighted by Gasteiger charge is 2.29. The summed E-state index contributed by atoms with van der Waals surface area (Å²) in [4.78, 5) is 10.9. The largest absolute Gasteiger partial charge is 0.355 e. The Labute approximate surface area is 118 Å². The highest BCUT2D eigenvalue weighted by Crippen LogP contribution is 2.31. The molecule has 0 bridgehead atoms. The van der Waals surface area contributed by atoms with Gasteiger partial charge in [-0.15, -0.1) is 0 Å². The maximum atomic E-state index is 9.08. The van der Waals surface area contributed by atoms with E-state index in [2.05, 4.69) is 33.1 Å². The van der Waals surface area contributed by atoms with Crippen LogP contribution in [0.3, 0.4) is 0 Å². The normalized spacial score (nSPS) is 14.8. The molecule has 4 heteroatoms. The number of anilines is 1. The van der Waals surface area contributed by atoms with Gasteiger partial charge in [0.25, 0.3) is 0 Å². The Morgan fingerprint density at radius 2 is 1.95 bits per heavy atom. The van der Waals surface area contributed by atoms with E-state index in [4.69, 9.17) is 5.26 Å². The second-order valence-corrected chi connectivity index (χ2v) is 5.25. The van der Waals surface area contributed by atoms with Crippen molar-refractivity contribution in [2.24, 2.45) is 0 Å². The molecular formula is C16H16N4. The molecule has 100 valence electrons. The minimum Gasteiger partial charge on any atom is -0.355 e. The number of nitrogens with zero attached hydrogens (tertiary/aromatic N) is 4. The van der Waals surface area contributed by atoms with Crippen molar-refractivity contribution < 1.29 is 0 Å². The summed E-state index contributed by atoms with van der Waals surface area (Å²) in [6, 6.07) is 8.37. The second kappa shape index (κ2) is 4.93. The summed E-state index contributed by atoms with van der Waals surface area (Å²) in [5.74, 6) is 1.53. The third kappa shape index (κ3) is 2.12. The summed E-state index contributed by atoms with van der Waals surface area (Å²) in [5.41, 5.74) is 3.84. The first-order valence-electron chi connectivity index (χ1n) is 6.72. The maximum absolute atomic E-state index is 9.08. The van der Waals surface area contributed by atoms with Crippen molar-refractivity contribution in [1.82, 2.24) is 9.97 Å². The minimum atomic E-state index is 0.552. The van der Waals surface area contributed by atoms with Crippen LogP contribution in [-0.4, -0.2) is 23.1 Å². The van der Waals surface area contributed by atoms with Gasteiger partial charge >= 0.3 is 0 Å². The molecule has 20 heavy (non-hydrogen) atoms. The van der Waals surface area contributed by atoms with Gasteiger partial charge < -0.3 is 4.90 Å². The molecule has 0 radical (unpaired) electrons. The quantitative estimate of drug-likeness (QED) is 0.836. The van der Waals surface area contributed by atoms with Crippen LogP contribution < -0.4 is 4.90 Å². The topological polar surface area (TPSA) is 52.8 Å². The lowest BCUT2D eigenvalue weighted by atomic mass is 9.92. The second-order valence-electron chi connectivity index (χ2n) is 5.25. The number of pyridine rings is 2. The van der Waals surface area contributed by atoms with Crippen molar-refractivity contribution >= 4 is 5.82 Å². The predicted octanol–water partition coefficient (Wildman–Crippen LogP) is 2.57. The standard InChI is InChI=1S/C16H16N4/c1-11-7-16(19-12(2)15(11)8-17)20-9-14(10-20)13-3-5-18-6-4-13/h3-7,14H,9-10H2,1-2H3. The van der Waals surface area contributed by atoms with E-state index in [-0.39, 0.29) is 0 Å². The Bertz CT molecular complexity index is 644. The minimum absolute atomic E-state index is 0.552. The summed E-state index contributed by atoms with van der Waals surface area (Å²) >= 11 is 0. The van der Waals surface area contributed by atoms with E-state index in [0.29, 0.717) is 11.5 Å². The molecule has 2 aromatic heterocycles. The zero-order valence-corrected chi connectivity index (χ0v) is 11.7. The first-order chi connectivity index (χ1) is 9.69. The Kier molecular flexibility index (Phi) is 3.11. The van der Waals surface area contributed by atoms with Crippen LogP contribution in [0.25, 0.3) is 0 Å². The fraction of sp³-hybridized carbons (Fsp3) is 0.312. The van der Waals surface area contributed by atoms with E-state index >= 15 is 0 Å². The first-order valence-corrected chi connectivity index (χ1v) is 6.72. The molecule has 0 aliphatic carbocycles. The van der Waals surface area contributed by atoms with E-state index in [9.17, 15) is 0 Å². The smallest absolute Gasteiger partial charge is 0.129 e. The Hall–Kier alpha value is -2.41. The average Bonchev–Trinajstić information content (AvgIpc) is 2.38. The molecule has 3 heterocycles. The Morgan fingerprint density at radius 3 is 2.55 bits per heavy atom. The molecule has 1 fully saturated rings. The van der Waals surface area contributed by atoms with Crippen molar-refractivity contribution in [2.75, 3.05) is 18.0 Å². The number of rotatable bonds is 2. The van der Waals surface area contributed by atoms with Gasteiger partial charge in [0.05, 0.1) is 11.3 Å². The monoisotopic (exact) mass is 264 g/mol. The van der Waals surface area contributed by atoms with E-state index in [1.807, 2.05) is 32.3 Å². The number of hydrogen-bond donors (Lipinski definition) is 0. The zero-order chi connectivity index (χ0) is 14.1. The highest BCUT2D eigenvalue weighted by molar-refractivity contribution is 5.52. The summed E-state index contributed by atoms with van der Waals surface area (Å²) in [6.07, 6.45) is 3.68. The lowest BCUT2D eigenvalue weighted by Gasteiger charge is -2.40. The third-order valence-corrected chi connectivity index (χ3v) is 3.88. The van der Waals surface area contributed by atoms with E-state index in [1.165, 1.54) is 5.56 Å². The van der Waals surface area contributed by atoms with Crippen molar-refractivity contribution in [3.63, 3.8) is 0 Å². The molecule has 0 unspecified atom stereocenters. The van der Waals surface area contributed by atoms with Gasteiger partial charge in [-0.05, 0) is 43.2 Å². The zero-order valence-electron chi connectivity index (χ0n) is 11.7. The number of nitriles is 1. The van der Waals surface area contributed by atoms with E-state index in [1.54, 1.807) is 0 Å². The lowest BCUT2D eigenvalue weighted by Crippen LogP contribution is -2.45. The van der Waals surface area contributed by atoms with Crippen LogP contribution in [0, 0.1) is 25.2 Å². The maximum Gasteiger partial charge on any atom is 0.129 e.